The lowest BCUT2D eigenvalue weighted by Crippen LogP contribution is -2.30. The zero-order valence-electron chi connectivity index (χ0n) is 10.0. The first-order valence-corrected chi connectivity index (χ1v) is 6.80. The molecule has 0 aliphatic carbocycles. The molecule has 0 saturated carbocycles. The van der Waals surface area contributed by atoms with Crippen molar-refractivity contribution >= 4 is 29.4 Å². The average molecular weight is 271 g/mol. The van der Waals surface area contributed by atoms with Crippen LogP contribution in [-0.4, -0.2) is 28.3 Å². The molecule has 1 aromatic heterocycles. The van der Waals surface area contributed by atoms with Gasteiger partial charge in [0.2, 0.25) is 0 Å². The molecule has 1 aliphatic rings. The van der Waals surface area contributed by atoms with Crippen LogP contribution in [0.15, 0.2) is 41.4 Å². The van der Waals surface area contributed by atoms with E-state index in [0.717, 1.165) is 9.93 Å². The Morgan fingerprint density at radius 3 is 2.05 bits per heavy atom. The number of imide groups is 1. The van der Waals surface area contributed by atoms with Gasteiger partial charge in [-0.25, -0.2) is 4.90 Å². The Balaban J connectivity index is 2.03. The van der Waals surface area contributed by atoms with E-state index in [1.807, 2.05) is 6.26 Å². The largest absolute Gasteiger partial charge is 0.268 e. The fourth-order valence-electron chi connectivity index (χ4n) is 1.94. The molecule has 1 aromatic carbocycles. The van der Waals surface area contributed by atoms with Gasteiger partial charge < -0.3 is 0 Å². The topological polar surface area (TPSA) is 63.2 Å². The van der Waals surface area contributed by atoms with Gasteiger partial charge in [-0.2, -0.15) is 0 Å². The summed E-state index contributed by atoms with van der Waals surface area (Å²) < 4.78 is 0. The maximum Gasteiger partial charge on any atom is 0.267 e. The number of carbonyl (C=O) groups is 2. The van der Waals surface area contributed by atoms with E-state index in [9.17, 15) is 9.59 Å². The van der Waals surface area contributed by atoms with Gasteiger partial charge >= 0.3 is 0 Å². The summed E-state index contributed by atoms with van der Waals surface area (Å²) in [6, 6.07) is 10.1. The third-order valence-electron chi connectivity index (χ3n) is 2.86. The highest BCUT2D eigenvalue weighted by Crippen LogP contribution is 2.26. The summed E-state index contributed by atoms with van der Waals surface area (Å²) in [5.74, 6) is -0.456. The van der Waals surface area contributed by atoms with Crippen LogP contribution >= 0.6 is 11.8 Å². The Morgan fingerprint density at radius 1 is 0.947 bits per heavy atom. The Labute approximate surface area is 113 Å². The number of anilines is 1. The molecule has 2 amide bonds. The SMILES string of the molecule is CSc1ccc(N2C(=O)c3ccccc3C2=O)nn1. The number of nitrogens with zero attached hydrogens (tertiary/aromatic N) is 3. The van der Waals surface area contributed by atoms with Crippen LogP contribution in [0.5, 0.6) is 0 Å². The Kier molecular flexibility index (Phi) is 2.79. The maximum absolute atomic E-state index is 12.2. The maximum atomic E-state index is 12.2. The van der Waals surface area contributed by atoms with Crippen molar-refractivity contribution in [3.8, 4) is 0 Å². The minimum Gasteiger partial charge on any atom is -0.268 e. The standard InChI is InChI=1S/C13H9N3O2S/c1-19-11-7-6-10(14-15-11)16-12(17)8-4-2-3-5-9(8)13(16)18/h2-7H,1H3. The minimum absolute atomic E-state index is 0.254. The Morgan fingerprint density at radius 2 is 1.58 bits per heavy atom. The second-order valence-corrected chi connectivity index (χ2v) is 4.75. The van der Waals surface area contributed by atoms with Crippen LogP contribution in [0.2, 0.25) is 0 Å². The molecule has 0 atom stereocenters. The van der Waals surface area contributed by atoms with Crippen molar-refractivity contribution in [3.63, 3.8) is 0 Å². The van der Waals surface area contributed by atoms with Gasteiger partial charge in [0.15, 0.2) is 5.82 Å². The smallest absolute Gasteiger partial charge is 0.267 e. The highest BCUT2D eigenvalue weighted by molar-refractivity contribution is 7.98. The van der Waals surface area contributed by atoms with E-state index in [1.54, 1.807) is 36.4 Å². The minimum atomic E-state index is -0.355. The van der Waals surface area contributed by atoms with E-state index in [-0.39, 0.29) is 17.6 Å². The van der Waals surface area contributed by atoms with Crippen molar-refractivity contribution in [2.45, 2.75) is 5.03 Å². The molecular formula is C13H9N3O2S. The van der Waals surface area contributed by atoms with Gasteiger partial charge in [-0.1, -0.05) is 12.1 Å². The molecule has 0 saturated heterocycles. The number of carbonyl (C=O) groups excluding carboxylic acids is 2. The highest BCUT2D eigenvalue weighted by atomic mass is 32.2. The van der Waals surface area contributed by atoms with Crippen LogP contribution in [-0.2, 0) is 0 Å². The second kappa shape index (κ2) is 4.47. The zero-order chi connectivity index (χ0) is 13.4. The molecule has 6 heteroatoms. The summed E-state index contributed by atoms with van der Waals surface area (Å²) in [4.78, 5) is 25.4. The lowest BCUT2D eigenvalue weighted by atomic mass is 10.1. The van der Waals surface area contributed by atoms with Crippen molar-refractivity contribution < 1.29 is 9.59 Å². The number of amides is 2. The number of fused-ring (bicyclic) bond motifs is 1. The van der Waals surface area contributed by atoms with Crippen LogP contribution < -0.4 is 4.90 Å². The van der Waals surface area contributed by atoms with Gasteiger partial charge in [-0.05, 0) is 30.5 Å². The summed E-state index contributed by atoms with van der Waals surface area (Å²) in [5, 5.41) is 8.61. The van der Waals surface area contributed by atoms with Crippen molar-refractivity contribution in [2.24, 2.45) is 0 Å². The molecule has 0 N–H and O–H groups in total. The number of thioether (sulfide) groups is 1. The predicted molar refractivity (Wildman–Crippen MR) is 71.4 cm³/mol. The quantitative estimate of drug-likeness (QED) is 0.617. The number of aromatic nitrogens is 2. The number of hydrogen-bond acceptors (Lipinski definition) is 5. The summed E-state index contributed by atoms with van der Waals surface area (Å²) in [6.07, 6.45) is 1.88. The molecule has 19 heavy (non-hydrogen) atoms. The molecule has 94 valence electrons. The Hall–Kier alpha value is -2.21. The summed E-state index contributed by atoms with van der Waals surface area (Å²) in [6.45, 7) is 0. The monoisotopic (exact) mass is 271 g/mol. The number of benzene rings is 1. The lowest BCUT2D eigenvalue weighted by Gasteiger charge is -2.11. The van der Waals surface area contributed by atoms with Gasteiger partial charge in [-0.15, -0.1) is 22.0 Å². The average Bonchev–Trinajstić information content (AvgIpc) is 2.72. The molecule has 5 nitrogen and oxygen atoms in total. The van der Waals surface area contributed by atoms with E-state index in [0.29, 0.717) is 11.1 Å². The summed E-state index contributed by atoms with van der Waals surface area (Å²) in [7, 11) is 0. The predicted octanol–water partition coefficient (Wildman–Crippen LogP) is 2.00. The summed E-state index contributed by atoms with van der Waals surface area (Å²) >= 11 is 1.45. The van der Waals surface area contributed by atoms with Crippen molar-refractivity contribution in [1.29, 1.82) is 0 Å². The van der Waals surface area contributed by atoms with E-state index in [1.165, 1.54) is 11.8 Å². The van der Waals surface area contributed by atoms with E-state index in [2.05, 4.69) is 10.2 Å². The van der Waals surface area contributed by atoms with Crippen LogP contribution in [0, 0.1) is 0 Å². The molecule has 3 rings (SSSR count). The number of rotatable bonds is 2. The second-order valence-electron chi connectivity index (χ2n) is 3.93. The summed E-state index contributed by atoms with van der Waals surface area (Å²) in [5.41, 5.74) is 0.812. The van der Waals surface area contributed by atoms with Gasteiger partial charge in [0, 0.05) is 0 Å². The van der Waals surface area contributed by atoms with Crippen molar-refractivity contribution in [2.75, 3.05) is 11.2 Å². The van der Waals surface area contributed by atoms with E-state index >= 15 is 0 Å². The zero-order valence-corrected chi connectivity index (χ0v) is 10.8. The van der Waals surface area contributed by atoms with Gasteiger partial charge in [0.1, 0.15) is 5.03 Å². The molecule has 0 unspecified atom stereocenters. The molecule has 2 heterocycles. The molecule has 1 aliphatic heterocycles. The molecule has 2 aromatic rings. The van der Waals surface area contributed by atoms with E-state index < -0.39 is 0 Å². The Bertz CT molecular complexity index is 635. The fraction of sp³-hybridized carbons (Fsp3) is 0.0769. The van der Waals surface area contributed by atoms with E-state index in [4.69, 9.17) is 0 Å². The first-order chi connectivity index (χ1) is 9.22. The molecular weight excluding hydrogens is 262 g/mol. The first-order valence-electron chi connectivity index (χ1n) is 5.58. The molecule has 0 spiro atoms. The third kappa shape index (κ3) is 1.80. The molecule has 0 bridgehead atoms. The van der Waals surface area contributed by atoms with Crippen molar-refractivity contribution in [3.05, 3.63) is 47.5 Å². The normalized spacial score (nSPS) is 13.8. The van der Waals surface area contributed by atoms with Gasteiger partial charge in [-0.3, -0.25) is 9.59 Å². The number of hydrogen-bond donors (Lipinski definition) is 0. The first kappa shape index (κ1) is 11.9. The lowest BCUT2D eigenvalue weighted by molar-refractivity contribution is 0.0924. The molecule has 0 radical (unpaired) electrons. The van der Waals surface area contributed by atoms with Crippen molar-refractivity contribution in [1.82, 2.24) is 10.2 Å². The fourth-order valence-corrected chi connectivity index (χ4v) is 2.27. The van der Waals surface area contributed by atoms with Gasteiger partial charge in [0.25, 0.3) is 11.8 Å². The van der Waals surface area contributed by atoms with Crippen LogP contribution in [0.3, 0.4) is 0 Å². The van der Waals surface area contributed by atoms with Crippen LogP contribution in [0.4, 0.5) is 5.82 Å². The van der Waals surface area contributed by atoms with Gasteiger partial charge in [0.05, 0.1) is 11.1 Å². The van der Waals surface area contributed by atoms with Crippen LogP contribution in [0.1, 0.15) is 20.7 Å². The molecule has 0 fully saturated rings. The van der Waals surface area contributed by atoms with Crippen LogP contribution in [0.25, 0.3) is 0 Å². The third-order valence-corrected chi connectivity index (χ3v) is 3.49. The highest BCUT2D eigenvalue weighted by Gasteiger charge is 2.37.